The van der Waals surface area contributed by atoms with E-state index in [-0.39, 0.29) is 18.1 Å². The molecule has 4 aromatic carbocycles. The number of para-hydroxylation sites is 1. The summed E-state index contributed by atoms with van der Waals surface area (Å²) in [7, 11) is 3.23. The molecule has 0 aliphatic carbocycles. The van der Waals surface area contributed by atoms with Gasteiger partial charge in [0.25, 0.3) is 5.56 Å². The van der Waals surface area contributed by atoms with Gasteiger partial charge < -0.3 is 14.2 Å². The summed E-state index contributed by atoms with van der Waals surface area (Å²) in [5.41, 5.74) is 4.59. The van der Waals surface area contributed by atoms with Crippen LogP contribution in [0.3, 0.4) is 0 Å². The number of aryl methyl sites for hydroxylation is 1. The van der Waals surface area contributed by atoms with Crippen molar-refractivity contribution in [3.8, 4) is 28.6 Å². The SMILES string of the molecule is COc1cc(C)c(-c2nc3ccccc3c(=O)n2N=Cc2cc(Br)c(OCc3ccccc3Cl)c(OC)c2)cc1C(C)C. The number of aromatic nitrogens is 2. The van der Waals surface area contributed by atoms with Crippen molar-refractivity contribution in [1.82, 2.24) is 9.66 Å². The van der Waals surface area contributed by atoms with Crippen LogP contribution < -0.4 is 19.8 Å². The van der Waals surface area contributed by atoms with E-state index in [0.717, 1.165) is 28.0 Å². The van der Waals surface area contributed by atoms with E-state index in [9.17, 15) is 4.79 Å². The molecule has 0 saturated carbocycles. The lowest BCUT2D eigenvalue weighted by molar-refractivity contribution is 0.282. The van der Waals surface area contributed by atoms with Crippen LogP contribution in [0.1, 0.15) is 42.0 Å². The largest absolute Gasteiger partial charge is 0.496 e. The van der Waals surface area contributed by atoms with E-state index in [2.05, 4.69) is 34.9 Å². The van der Waals surface area contributed by atoms with Gasteiger partial charge in [-0.2, -0.15) is 9.78 Å². The smallest absolute Gasteiger partial charge is 0.282 e. The Kier molecular flexibility index (Phi) is 9.18. The Morgan fingerprint density at radius 2 is 1.72 bits per heavy atom. The number of halogens is 2. The molecular formula is C34H31BrClN3O4. The van der Waals surface area contributed by atoms with Gasteiger partial charge in [0, 0.05) is 16.1 Å². The van der Waals surface area contributed by atoms with E-state index >= 15 is 0 Å². The number of rotatable bonds is 9. The number of methoxy groups -OCH3 is 2. The number of hydrogen-bond acceptors (Lipinski definition) is 6. The summed E-state index contributed by atoms with van der Waals surface area (Å²) in [4.78, 5) is 18.7. The zero-order chi connectivity index (χ0) is 30.7. The maximum atomic E-state index is 13.8. The fraction of sp³-hybridized carbons (Fsp3) is 0.206. The van der Waals surface area contributed by atoms with Gasteiger partial charge in [-0.1, -0.05) is 55.8 Å². The van der Waals surface area contributed by atoms with Crippen LogP contribution in [-0.2, 0) is 6.61 Å². The molecule has 0 saturated heterocycles. The first-order valence-electron chi connectivity index (χ1n) is 13.7. The van der Waals surface area contributed by atoms with E-state index in [1.54, 1.807) is 32.6 Å². The highest BCUT2D eigenvalue weighted by Gasteiger charge is 2.19. The van der Waals surface area contributed by atoms with Gasteiger partial charge in [-0.15, -0.1) is 0 Å². The van der Waals surface area contributed by atoms with E-state index in [1.165, 1.54) is 4.68 Å². The van der Waals surface area contributed by atoms with Crippen molar-refractivity contribution < 1.29 is 14.2 Å². The molecule has 0 unspecified atom stereocenters. The third-order valence-corrected chi connectivity index (χ3v) is 8.06. The van der Waals surface area contributed by atoms with Crippen LogP contribution in [0.2, 0.25) is 5.02 Å². The molecule has 0 aliphatic rings. The molecule has 0 amide bonds. The van der Waals surface area contributed by atoms with Gasteiger partial charge in [0.05, 0.1) is 35.8 Å². The molecular weight excluding hydrogens is 630 g/mol. The van der Waals surface area contributed by atoms with Gasteiger partial charge in [-0.25, -0.2) is 4.98 Å². The van der Waals surface area contributed by atoms with Crippen molar-refractivity contribution in [2.24, 2.45) is 5.10 Å². The first-order chi connectivity index (χ1) is 20.7. The topological polar surface area (TPSA) is 74.9 Å². The van der Waals surface area contributed by atoms with E-state index in [1.807, 2.05) is 67.6 Å². The average molecular weight is 661 g/mol. The summed E-state index contributed by atoms with van der Waals surface area (Å²) in [5, 5.41) is 5.76. The summed E-state index contributed by atoms with van der Waals surface area (Å²) < 4.78 is 19.4. The van der Waals surface area contributed by atoms with Crippen LogP contribution >= 0.6 is 27.5 Å². The lowest BCUT2D eigenvalue weighted by Crippen LogP contribution is -2.20. The van der Waals surface area contributed by atoms with Crippen LogP contribution in [0.25, 0.3) is 22.3 Å². The Bertz CT molecular complexity index is 1900. The minimum atomic E-state index is -0.274. The van der Waals surface area contributed by atoms with Crippen LogP contribution in [0.5, 0.6) is 17.2 Å². The maximum absolute atomic E-state index is 13.8. The predicted molar refractivity (Wildman–Crippen MR) is 176 cm³/mol. The van der Waals surface area contributed by atoms with Gasteiger partial charge in [0.2, 0.25) is 0 Å². The number of fused-ring (bicyclic) bond motifs is 1. The van der Waals surface area contributed by atoms with Crippen molar-refractivity contribution in [3.63, 3.8) is 0 Å². The molecule has 5 aromatic rings. The monoisotopic (exact) mass is 659 g/mol. The molecule has 0 spiro atoms. The first-order valence-corrected chi connectivity index (χ1v) is 14.9. The molecule has 0 radical (unpaired) electrons. The van der Waals surface area contributed by atoms with E-state index in [0.29, 0.717) is 43.3 Å². The molecule has 5 rings (SSSR count). The summed E-state index contributed by atoms with van der Waals surface area (Å²) in [6.07, 6.45) is 1.61. The molecule has 0 atom stereocenters. The van der Waals surface area contributed by atoms with Crippen molar-refractivity contribution in [2.75, 3.05) is 14.2 Å². The van der Waals surface area contributed by atoms with E-state index in [4.69, 9.17) is 30.8 Å². The normalized spacial score (nSPS) is 11.4. The summed E-state index contributed by atoms with van der Waals surface area (Å²) in [5.74, 6) is 2.46. The van der Waals surface area contributed by atoms with Gasteiger partial charge in [0.1, 0.15) is 12.4 Å². The fourth-order valence-electron chi connectivity index (χ4n) is 4.82. The minimum absolute atomic E-state index is 0.196. The van der Waals surface area contributed by atoms with Gasteiger partial charge >= 0.3 is 0 Å². The Morgan fingerprint density at radius 3 is 2.44 bits per heavy atom. The molecule has 220 valence electrons. The van der Waals surface area contributed by atoms with Crippen molar-refractivity contribution in [1.29, 1.82) is 0 Å². The van der Waals surface area contributed by atoms with Crippen LogP contribution in [0, 0.1) is 6.92 Å². The van der Waals surface area contributed by atoms with Crippen LogP contribution in [0.4, 0.5) is 0 Å². The van der Waals surface area contributed by atoms with Gasteiger partial charge in [0.15, 0.2) is 17.3 Å². The highest BCUT2D eigenvalue weighted by atomic mass is 79.9. The number of ether oxygens (including phenoxy) is 3. The number of nitrogens with zero attached hydrogens (tertiary/aromatic N) is 3. The van der Waals surface area contributed by atoms with Gasteiger partial charge in [-0.3, -0.25) is 4.79 Å². The second-order valence-corrected chi connectivity index (χ2v) is 11.6. The first kappa shape index (κ1) is 30.3. The Hall–Kier alpha value is -4.14. The molecule has 0 bridgehead atoms. The average Bonchev–Trinajstić information content (AvgIpc) is 3.00. The molecule has 9 heteroatoms. The molecule has 0 aliphatic heterocycles. The van der Waals surface area contributed by atoms with Crippen molar-refractivity contribution in [3.05, 3.63) is 115 Å². The van der Waals surface area contributed by atoms with Crippen molar-refractivity contribution in [2.45, 2.75) is 33.3 Å². The molecule has 0 N–H and O–H groups in total. The Labute approximate surface area is 263 Å². The van der Waals surface area contributed by atoms with E-state index < -0.39 is 0 Å². The number of benzene rings is 4. The Morgan fingerprint density at radius 1 is 1.00 bits per heavy atom. The molecule has 0 fully saturated rings. The lowest BCUT2D eigenvalue weighted by Gasteiger charge is -2.17. The Balaban J connectivity index is 1.59. The summed E-state index contributed by atoms with van der Waals surface area (Å²) >= 11 is 9.91. The zero-order valence-corrected chi connectivity index (χ0v) is 26.9. The lowest BCUT2D eigenvalue weighted by atomic mass is 9.96. The second kappa shape index (κ2) is 13.0. The third kappa shape index (κ3) is 6.31. The molecule has 7 nitrogen and oxygen atoms in total. The zero-order valence-electron chi connectivity index (χ0n) is 24.5. The van der Waals surface area contributed by atoms with Crippen molar-refractivity contribution >= 4 is 44.6 Å². The highest BCUT2D eigenvalue weighted by Crippen LogP contribution is 2.38. The fourth-order valence-corrected chi connectivity index (χ4v) is 5.58. The molecule has 1 heterocycles. The summed E-state index contributed by atoms with van der Waals surface area (Å²) in [6.45, 7) is 6.44. The molecule has 43 heavy (non-hydrogen) atoms. The van der Waals surface area contributed by atoms with Crippen LogP contribution in [-0.4, -0.2) is 30.1 Å². The standard InChI is InChI=1S/C34H31BrClN3O4/c1-20(2)25-17-26(21(3)14-30(25)41-4)33-38-29-13-9-7-11-24(29)34(40)39(33)37-18-22-15-27(35)32(31(16-22)42-5)43-19-23-10-6-8-12-28(23)36/h6-18,20H,19H2,1-5H3. The number of hydrogen-bond donors (Lipinski definition) is 0. The summed E-state index contributed by atoms with van der Waals surface area (Å²) in [6, 6.07) is 22.4. The van der Waals surface area contributed by atoms with Gasteiger partial charge in [-0.05, 0) is 87.9 Å². The quantitative estimate of drug-likeness (QED) is 0.149. The maximum Gasteiger partial charge on any atom is 0.282 e. The predicted octanol–water partition coefficient (Wildman–Crippen LogP) is 8.39. The highest BCUT2D eigenvalue weighted by molar-refractivity contribution is 9.10. The van der Waals surface area contributed by atoms with Crippen LogP contribution in [0.15, 0.2) is 87.2 Å². The minimum Gasteiger partial charge on any atom is -0.496 e. The third-order valence-electron chi connectivity index (χ3n) is 7.10. The second-order valence-electron chi connectivity index (χ2n) is 10.3. The molecule has 1 aromatic heterocycles.